The van der Waals surface area contributed by atoms with Gasteiger partial charge in [0.25, 0.3) is 0 Å². The molecule has 0 aliphatic rings. The number of benzene rings is 2. The van der Waals surface area contributed by atoms with Gasteiger partial charge in [-0.05, 0) is 61.4 Å². The summed E-state index contributed by atoms with van der Waals surface area (Å²) < 4.78 is 12.9. The van der Waals surface area contributed by atoms with E-state index in [0.29, 0.717) is 23.1 Å². The van der Waals surface area contributed by atoms with Crippen molar-refractivity contribution in [3.05, 3.63) is 70.9 Å². The summed E-state index contributed by atoms with van der Waals surface area (Å²) in [5, 5.41) is 5.14. The van der Waals surface area contributed by atoms with E-state index in [2.05, 4.69) is 12.0 Å². The summed E-state index contributed by atoms with van der Waals surface area (Å²) in [7, 11) is 0. The van der Waals surface area contributed by atoms with Gasteiger partial charge in [-0.3, -0.25) is 0 Å². The quantitative estimate of drug-likeness (QED) is 0.372. The lowest BCUT2D eigenvalue weighted by Crippen LogP contribution is -2.11. The minimum Gasteiger partial charge on any atom is -0.494 e. The molecule has 1 aromatic heterocycles. The fourth-order valence-electron chi connectivity index (χ4n) is 2.60. The molecule has 0 amide bonds. The third-order valence-corrected chi connectivity index (χ3v) is 4.47. The largest absolute Gasteiger partial charge is 0.494 e. The topological polar surface area (TPSA) is 53.4 Å². The molecule has 0 fully saturated rings. The van der Waals surface area contributed by atoms with Crippen LogP contribution in [0.1, 0.15) is 42.7 Å². The predicted molar refractivity (Wildman–Crippen MR) is 110 cm³/mol. The Morgan fingerprint density at radius 1 is 1.07 bits per heavy atom. The minimum absolute atomic E-state index is 0.368. The van der Waals surface area contributed by atoms with E-state index >= 15 is 0 Å². The number of esters is 1. The standard InChI is InChI=1S/C22H23ClN2O3/c1-3-5-14-27-20-12-6-16(7-13-20)22(26)28-21-15-18(4-2)24-25(21)19-10-8-17(23)9-11-19/h6-13,15H,3-5,14H2,1-2H3. The first-order valence-corrected chi connectivity index (χ1v) is 9.78. The highest BCUT2D eigenvalue weighted by Crippen LogP contribution is 2.23. The van der Waals surface area contributed by atoms with Crippen molar-refractivity contribution in [3.63, 3.8) is 0 Å². The van der Waals surface area contributed by atoms with Crippen LogP contribution in [0, 0.1) is 0 Å². The van der Waals surface area contributed by atoms with Crippen LogP contribution in [-0.4, -0.2) is 22.4 Å². The lowest BCUT2D eigenvalue weighted by Gasteiger charge is -2.09. The predicted octanol–water partition coefficient (Wildman–Crippen LogP) is 5.49. The van der Waals surface area contributed by atoms with Crippen LogP contribution in [0.3, 0.4) is 0 Å². The number of carbonyl (C=O) groups excluding carboxylic acids is 1. The number of hydrogen-bond acceptors (Lipinski definition) is 4. The number of nitrogens with zero attached hydrogens (tertiary/aromatic N) is 2. The second kappa shape index (κ2) is 9.42. The molecular formula is C22H23ClN2O3. The summed E-state index contributed by atoms with van der Waals surface area (Å²) >= 11 is 5.96. The zero-order chi connectivity index (χ0) is 19.9. The van der Waals surface area contributed by atoms with E-state index in [9.17, 15) is 4.79 Å². The van der Waals surface area contributed by atoms with Gasteiger partial charge in [0.05, 0.1) is 23.6 Å². The van der Waals surface area contributed by atoms with Crippen LogP contribution < -0.4 is 9.47 Å². The molecular weight excluding hydrogens is 376 g/mol. The zero-order valence-corrected chi connectivity index (χ0v) is 16.8. The van der Waals surface area contributed by atoms with Gasteiger partial charge in [-0.15, -0.1) is 0 Å². The van der Waals surface area contributed by atoms with Gasteiger partial charge in [0.1, 0.15) is 5.75 Å². The molecule has 1 heterocycles. The van der Waals surface area contributed by atoms with E-state index in [1.807, 2.05) is 19.1 Å². The Morgan fingerprint density at radius 3 is 2.43 bits per heavy atom. The number of ether oxygens (including phenoxy) is 2. The SMILES string of the molecule is CCCCOc1ccc(C(=O)Oc2cc(CC)nn2-c2ccc(Cl)cc2)cc1. The molecule has 0 N–H and O–H groups in total. The average Bonchev–Trinajstić information content (AvgIpc) is 3.12. The van der Waals surface area contributed by atoms with E-state index in [1.165, 1.54) is 0 Å². The molecule has 28 heavy (non-hydrogen) atoms. The van der Waals surface area contributed by atoms with E-state index in [-0.39, 0.29) is 0 Å². The summed E-state index contributed by atoms with van der Waals surface area (Å²) in [6.07, 6.45) is 2.80. The molecule has 6 heteroatoms. The fraction of sp³-hybridized carbons (Fsp3) is 0.273. The molecule has 3 aromatic rings. The van der Waals surface area contributed by atoms with Crippen molar-refractivity contribution in [2.45, 2.75) is 33.1 Å². The Kier molecular flexibility index (Phi) is 6.71. The third kappa shape index (κ3) is 4.93. The summed E-state index contributed by atoms with van der Waals surface area (Å²) in [6, 6.07) is 15.9. The van der Waals surface area contributed by atoms with Crippen molar-refractivity contribution in [2.75, 3.05) is 6.61 Å². The van der Waals surface area contributed by atoms with E-state index < -0.39 is 5.97 Å². The molecule has 2 aromatic carbocycles. The lowest BCUT2D eigenvalue weighted by molar-refractivity contribution is 0.0723. The maximum atomic E-state index is 12.6. The monoisotopic (exact) mass is 398 g/mol. The molecule has 0 bridgehead atoms. The Hall–Kier alpha value is -2.79. The van der Waals surface area contributed by atoms with Gasteiger partial charge in [0.15, 0.2) is 0 Å². The van der Waals surface area contributed by atoms with Crippen LogP contribution in [0.4, 0.5) is 0 Å². The molecule has 146 valence electrons. The van der Waals surface area contributed by atoms with Crippen molar-refractivity contribution in [1.29, 1.82) is 0 Å². The third-order valence-electron chi connectivity index (χ3n) is 4.21. The van der Waals surface area contributed by atoms with Crippen LogP contribution in [0.5, 0.6) is 11.6 Å². The van der Waals surface area contributed by atoms with Gasteiger partial charge in [-0.2, -0.15) is 5.10 Å². The highest BCUT2D eigenvalue weighted by molar-refractivity contribution is 6.30. The first-order chi connectivity index (χ1) is 13.6. The molecule has 0 radical (unpaired) electrons. The van der Waals surface area contributed by atoms with Crippen molar-refractivity contribution < 1.29 is 14.3 Å². The first kappa shape index (κ1) is 20.0. The number of aromatic nitrogens is 2. The van der Waals surface area contributed by atoms with Gasteiger partial charge in [-0.25, -0.2) is 9.48 Å². The lowest BCUT2D eigenvalue weighted by atomic mass is 10.2. The van der Waals surface area contributed by atoms with Crippen LogP contribution in [0.25, 0.3) is 5.69 Å². The molecule has 0 saturated carbocycles. The summed E-state index contributed by atoms with van der Waals surface area (Å²) in [5.74, 6) is 0.662. The van der Waals surface area contributed by atoms with Crippen LogP contribution in [0.15, 0.2) is 54.6 Å². The average molecular weight is 399 g/mol. The minimum atomic E-state index is -0.446. The number of hydrogen-bond donors (Lipinski definition) is 0. The van der Waals surface area contributed by atoms with Crippen molar-refractivity contribution >= 4 is 17.6 Å². The molecule has 0 spiro atoms. The molecule has 3 rings (SSSR count). The van der Waals surface area contributed by atoms with Gasteiger partial charge in [0.2, 0.25) is 5.88 Å². The normalized spacial score (nSPS) is 10.7. The number of carbonyl (C=O) groups is 1. The molecule has 0 aliphatic heterocycles. The Balaban J connectivity index is 1.76. The number of halogens is 1. The van der Waals surface area contributed by atoms with Crippen LogP contribution in [0.2, 0.25) is 5.02 Å². The summed E-state index contributed by atoms with van der Waals surface area (Å²) in [5.41, 5.74) is 2.05. The highest BCUT2D eigenvalue weighted by atomic mass is 35.5. The first-order valence-electron chi connectivity index (χ1n) is 9.40. The Labute approximate surface area is 169 Å². The number of rotatable bonds is 8. The van der Waals surface area contributed by atoms with Gasteiger partial charge < -0.3 is 9.47 Å². The number of unbranched alkanes of at least 4 members (excludes halogenated alkanes) is 1. The maximum Gasteiger partial charge on any atom is 0.344 e. The van der Waals surface area contributed by atoms with Crippen molar-refractivity contribution in [1.82, 2.24) is 9.78 Å². The molecule has 0 saturated heterocycles. The highest BCUT2D eigenvalue weighted by Gasteiger charge is 2.16. The smallest absolute Gasteiger partial charge is 0.344 e. The fourth-order valence-corrected chi connectivity index (χ4v) is 2.72. The molecule has 0 aliphatic carbocycles. The second-order valence-electron chi connectivity index (χ2n) is 6.33. The van der Waals surface area contributed by atoms with Crippen LogP contribution >= 0.6 is 11.6 Å². The van der Waals surface area contributed by atoms with Gasteiger partial charge >= 0.3 is 5.97 Å². The van der Waals surface area contributed by atoms with E-state index in [1.54, 1.807) is 47.1 Å². The Bertz CT molecular complexity index is 918. The molecule has 0 unspecified atom stereocenters. The van der Waals surface area contributed by atoms with Gasteiger partial charge in [-0.1, -0.05) is 31.9 Å². The Morgan fingerprint density at radius 2 is 1.79 bits per heavy atom. The second-order valence-corrected chi connectivity index (χ2v) is 6.77. The van der Waals surface area contributed by atoms with Gasteiger partial charge in [0, 0.05) is 11.1 Å². The maximum absolute atomic E-state index is 12.6. The van der Waals surface area contributed by atoms with E-state index in [4.69, 9.17) is 21.1 Å². The molecule has 5 nitrogen and oxygen atoms in total. The summed E-state index contributed by atoms with van der Waals surface area (Å²) in [4.78, 5) is 12.6. The number of aryl methyl sites for hydroxylation is 1. The molecule has 0 atom stereocenters. The van der Waals surface area contributed by atoms with Crippen LogP contribution in [-0.2, 0) is 6.42 Å². The van der Waals surface area contributed by atoms with Crippen molar-refractivity contribution in [2.24, 2.45) is 0 Å². The zero-order valence-electron chi connectivity index (χ0n) is 16.0. The van der Waals surface area contributed by atoms with Crippen molar-refractivity contribution in [3.8, 4) is 17.3 Å². The summed E-state index contributed by atoms with van der Waals surface area (Å²) in [6.45, 7) is 4.78. The van der Waals surface area contributed by atoms with E-state index in [0.717, 1.165) is 36.4 Å².